The van der Waals surface area contributed by atoms with Crippen molar-refractivity contribution in [1.82, 2.24) is 9.72 Å². The Morgan fingerprint density at radius 2 is 0.788 bits per heavy atom. The van der Waals surface area contributed by atoms with E-state index in [9.17, 15) is 10.2 Å². The predicted molar refractivity (Wildman–Crippen MR) is 212 cm³/mol. The van der Waals surface area contributed by atoms with Gasteiger partial charge in [-0.3, -0.25) is 0 Å². The van der Waals surface area contributed by atoms with Gasteiger partial charge in [-0.2, -0.15) is 0 Å². The van der Waals surface area contributed by atoms with E-state index >= 15 is 0 Å². The first-order valence-electron chi connectivity index (χ1n) is 16.3. The van der Waals surface area contributed by atoms with Crippen molar-refractivity contribution in [1.29, 1.82) is 0 Å². The van der Waals surface area contributed by atoms with Gasteiger partial charge in [0.2, 0.25) is 0 Å². The van der Waals surface area contributed by atoms with Crippen LogP contribution in [0.4, 0.5) is 0 Å². The van der Waals surface area contributed by atoms with Crippen molar-refractivity contribution in [2.45, 2.75) is 0 Å². The molecule has 6 aromatic carbocycles. The Hall–Kier alpha value is -5.11. The number of para-hydroxylation sites is 5. The van der Waals surface area contributed by atoms with Crippen LogP contribution in [0.3, 0.4) is 0 Å². The summed E-state index contributed by atoms with van der Waals surface area (Å²) < 4.78 is 40.4. The van der Waals surface area contributed by atoms with Gasteiger partial charge in [-0.25, -0.2) is 0 Å². The topological polar surface area (TPSA) is 146 Å². The molecule has 52 heavy (non-hydrogen) atoms. The zero-order chi connectivity index (χ0) is 36.5. The third-order valence-corrected chi connectivity index (χ3v) is 17.2. The van der Waals surface area contributed by atoms with Crippen LogP contribution in [0, 0.1) is 0 Å². The molecular weight excluding hydrogens is 719 g/mol. The number of hydrogen-bond donors (Lipinski definition) is 5. The van der Waals surface area contributed by atoms with Gasteiger partial charge in [-0.15, -0.1) is 0 Å². The van der Waals surface area contributed by atoms with Crippen molar-refractivity contribution >= 4 is 23.2 Å². The summed E-state index contributed by atoms with van der Waals surface area (Å²) in [6.45, 7) is 3.62. The number of hydrogen-bond acceptors (Lipinski definition) is 11. The summed E-state index contributed by atoms with van der Waals surface area (Å²) in [7, 11) is -13.0. The van der Waals surface area contributed by atoms with Gasteiger partial charge >= 0.3 is 305 Å². The zero-order valence-corrected chi connectivity index (χ0v) is 31.4. The summed E-state index contributed by atoms with van der Waals surface area (Å²) in [4.78, 5) is 6.98. The van der Waals surface area contributed by atoms with Gasteiger partial charge in [0, 0.05) is 0 Å². The zero-order valence-electron chi connectivity index (χ0n) is 28.5. The van der Waals surface area contributed by atoms with Gasteiger partial charge in [0.05, 0.1) is 0 Å². The minimum absolute atomic E-state index is 0.0359. The summed E-state index contributed by atoms with van der Waals surface area (Å²) in [5.41, 5.74) is 7.23. The number of benzene rings is 6. The van der Waals surface area contributed by atoms with Gasteiger partial charge in [-0.05, 0) is 0 Å². The molecule has 0 saturated heterocycles. The van der Waals surface area contributed by atoms with E-state index < -0.39 is 23.2 Å². The summed E-state index contributed by atoms with van der Waals surface area (Å²) in [5, 5.41) is 21.1. The summed E-state index contributed by atoms with van der Waals surface area (Å²) in [6, 6.07) is 49.2. The molecule has 0 aliphatic heterocycles. The van der Waals surface area contributed by atoms with E-state index in [1.165, 1.54) is 18.2 Å². The number of phenolic OH excluding ortho intramolecular Hbond substituents is 2. The van der Waals surface area contributed by atoms with E-state index in [-0.39, 0.29) is 17.2 Å². The van der Waals surface area contributed by atoms with Gasteiger partial charge in [-0.1, -0.05) is 0 Å². The Kier molecular flexibility index (Phi) is 11.0. The molecule has 6 rings (SSSR count). The quantitative estimate of drug-likeness (QED) is 0.0602. The Morgan fingerprint density at radius 1 is 0.462 bits per heavy atom. The van der Waals surface area contributed by atoms with Gasteiger partial charge in [0.15, 0.2) is 0 Å². The molecule has 0 aliphatic rings. The number of nitrogens with one attached hydrogen (secondary N) is 2. The number of aromatic hydroxyl groups is 2. The van der Waals surface area contributed by atoms with Crippen LogP contribution >= 0.6 is 23.2 Å². The maximum absolute atomic E-state index is 10.6. The summed E-state index contributed by atoms with van der Waals surface area (Å²) >= 11 is 0. The first-order valence-corrected chi connectivity index (χ1v) is 23.0. The molecule has 0 spiro atoms. The van der Waals surface area contributed by atoms with Crippen molar-refractivity contribution in [3.8, 4) is 46.0 Å². The van der Waals surface area contributed by atoms with Crippen LogP contribution in [-0.4, -0.2) is 23.5 Å². The second-order valence-electron chi connectivity index (χ2n) is 12.2. The number of rotatable bonds is 16. The minimum atomic E-state index is -4.51. The Labute approximate surface area is 304 Å². The third-order valence-electron chi connectivity index (χ3n) is 7.20. The Balaban J connectivity index is 1.56. The average molecular weight is 762 g/mol. The van der Waals surface area contributed by atoms with E-state index in [0.29, 0.717) is 28.7 Å². The molecule has 0 bridgehead atoms. The molecule has 6 N–H and O–H groups in total. The van der Waals surface area contributed by atoms with Crippen molar-refractivity contribution in [2.24, 2.45) is 5.50 Å². The Bertz CT molecular complexity index is 1930. The van der Waals surface area contributed by atoms with E-state index in [1.807, 2.05) is 116 Å². The summed E-state index contributed by atoms with van der Waals surface area (Å²) in [5.74, 6) is 1.77. The molecule has 0 amide bonds. The van der Waals surface area contributed by atoms with Crippen LogP contribution < -0.4 is 42.4 Å². The van der Waals surface area contributed by atoms with Crippen molar-refractivity contribution in [3.63, 3.8) is 0 Å². The second kappa shape index (κ2) is 15.6. The van der Waals surface area contributed by atoms with Crippen molar-refractivity contribution in [3.05, 3.63) is 170 Å². The molecule has 6 aromatic rings. The van der Waals surface area contributed by atoms with Crippen LogP contribution in [0.2, 0.25) is 0 Å². The van der Waals surface area contributed by atoms with E-state index in [2.05, 4.69) is 9.72 Å². The normalized spacial score (nSPS) is 13.1. The SMILES string of the molecule is CP(C)(N[PH](N[PH](N)(Oc1ccccc1)Oc1ccccc1)(Oc1ccccc1)Oc1cc(O)cc(O)c1)(Oc1ccccc1)Oc1ccccc1. The molecule has 14 heteroatoms. The molecule has 0 radical (unpaired) electrons. The fourth-order valence-corrected chi connectivity index (χ4v) is 16.2. The van der Waals surface area contributed by atoms with Crippen LogP contribution in [-0.2, 0) is 0 Å². The van der Waals surface area contributed by atoms with E-state index in [4.69, 9.17) is 32.6 Å². The van der Waals surface area contributed by atoms with Gasteiger partial charge in [0.25, 0.3) is 0 Å². The molecule has 0 fully saturated rings. The monoisotopic (exact) mass is 761 g/mol. The van der Waals surface area contributed by atoms with Crippen LogP contribution in [0.25, 0.3) is 0 Å². The fourth-order valence-electron chi connectivity index (χ4n) is 5.28. The molecule has 0 aliphatic carbocycles. The van der Waals surface area contributed by atoms with Crippen LogP contribution in [0.5, 0.6) is 46.0 Å². The van der Waals surface area contributed by atoms with Gasteiger partial charge in [0.1, 0.15) is 0 Å². The number of phenols is 2. The van der Waals surface area contributed by atoms with Crippen LogP contribution in [0.15, 0.2) is 170 Å². The van der Waals surface area contributed by atoms with Crippen molar-refractivity contribution < 1.29 is 37.4 Å². The first-order chi connectivity index (χ1) is 25.0. The van der Waals surface area contributed by atoms with Crippen molar-refractivity contribution in [2.75, 3.05) is 13.3 Å². The predicted octanol–water partition coefficient (Wildman–Crippen LogP) is 9.39. The summed E-state index contributed by atoms with van der Waals surface area (Å²) in [6.07, 6.45) is 0. The second-order valence-corrected chi connectivity index (χ2v) is 21.7. The first kappa shape index (κ1) is 36.7. The molecular formula is C38H42N3O8P3. The third kappa shape index (κ3) is 10.2. The standard InChI is InChI=1S/C38H42N3O8P3/c1-52(2,48-36-24-14-6-15-25-36,49-37-26-16-7-17-27-37)41-51(46-35-22-12-5-13-23-35,47-38-29-31(42)28-32(43)30-38)40-50(39,44-33-18-8-3-9-19-33)45-34-20-10-4-11-21-34/h3-30,40-43,50-51H,39H2,1-2H3. The number of nitrogens with two attached hydrogens (primary N) is 1. The van der Waals surface area contributed by atoms with E-state index in [1.54, 1.807) is 48.5 Å². The van der Waals surface area contributed by atoms with Crippen LogP contribution in [0.1, 0.15) is 0 Å². The molecule has 11 nitrogen and oxygen atoms in total. The van der Waals surface area contributed by atoms with Gasteiger partial charge < -0.3 is 0 Å². The molecule has 0 unspecified atom stereocenters. The molecule has 0 atom stereocenters. The maximum atomic E-state index is 10.6. The van der Waals surface area contributed by atoms with E-state index in [0.717, 1.165) is 0 Å². The molecule has 0 heterocycles. The molecule has 0 saturated carbocycles. The Morgan fingerprint density at radius 3 is 1.17 bits per heavy atom. The molecule has 272 valence electrons. The fraction of sp³-hybridized carbons (Fsp3) is 0.0526. The average Bonchev–Trinajstić information content (AvgIpc) is 3.09. The molecule has 0 aromatic heterocycles.